The lowest BCUT2D eigenvalue weighted by atomic mass is 10.1. The largest absolute Gasteiger partial charge is 0.361 e. The van der Waals surface area contributed by atoms with Gasteiger partial charge in [-0.2, -0.15) is 5.26 Å². The van der Waals surface area contributed by atoms with Crippen molar-refractivity contribution in [3.05, 3.63) is 71.7 Å². The van der Waals surface area contributed by atoms with Crippen LogP contribution in [0.2, 0.25) is 0 Å². The molecule has 0 aliphatic heterocycles. The number of para-hydroxylation sites is 2. The molecule has 0 unspecified atom stereocenters. The minimum absolute atomic E-state index is 0.0394. The van der Waals surface area contributed by atoms with E-state index in [0.29, 0.717) is 0 Å². The zero-order valence-electron chi connectivity index (χ0n) is 12.0. The molecular weight excluding hydrogens is 293 g/mol. The first-order chi connectivity index (χ1) is 11.2. The van der Waals surface area contributed by atoms with Gasteiger partial charge in [0.25, 0.3) is 5.91 Å². The molecule has 2 N–H and O–H groups in total. The van der Waals surface area contributed by atoms with Crippen LogP contribution < -0.4 is 5.32 Å². The molecule has 0 spiro atoms. The van der Waals surface area contributed by atoms with Gasteiger partial charge in [-0.05, 0) is 24.3 Å². The molecule has 1 amide bonds. The van der Waals surface area contributed by atoms with Gasteiger partial charge >= 0.3 is 0 Å². The van der Waals surface area contributed by atoms with Gasteiger partial charge in [0.05, 0.1) is 5.69 Å². The summed E-state index contributed by atoms with van der Waals surface area (Å²) in [6, 6.07) is 15.2. The van der Waals surface area contributed by atoms with Crippen LogP contribution in [0.25, 0.3) is 17.0 Å². The molecule has 1 aromatic heterocycles. The zero-order chi connectivity index (χ0) is 16.2. The van der Waals surface area contributed by atoms with Gasteiger partial charge < -0.3 is 10.3 Å². The van der Waals surface area contributed by atoms with Crippen LogP contribution in [-0.4, -0.2) is 10.9 Å². The predicted octanol–water partition coefficient (Wildman–Crippen LogP) is 3.85. The van der Waals surface area contributed by atoms with Crippen molar-refractivity contribution in [3.8, 4) is 6.07 Å². The van der Waals surface area contributed by atoms with E-state index in [9.17, 15) is 14.4 Å². The number of nitrogens with zero attached hydrogens (tertiary/aromatic N) is 1. The highest BCUT2D eigenvalue weighted by Crippen LogP contribution is 2.21. The number of halogens is 1. The van der Waals surface area contributed by atoms with E-state index >= 15 is 0 Å². The molecule has 2 aromatic carbocycles. The second-order valence-corrected chi connectivity index (χ2v) is 4.89. The van der Waals surface area contributed by atoms with Crippen LogP contribution in [0.1, 0.15) is 5.56 Å². The monoisotopic (exact) mass is 305 g/mol. The van der Waals surface area contributed by atoms with Crippen LogP contribution in [0.15, 0.2) is 60.3 Å². The molecule has 0 saturated heterocycles. The Morgan fingerprint density at radius 1 is 1.17 bits per heavy atom. The number of hydrogen-bond donors (Lipinski definition) is 2. The number of nitriles is 1. The number of aromatic amines is 1. The average molecular weight is 305 g/mol. The summed E-state index contributed by atoms with van der Waals surface area (Å²) < 4.78 is 13.6. The predicted molar refractivity (Wildman–Crippen MR) is 86.9 cm³/mol. The lowest BCUT2D eigenvalue weighted by Gasteiger charge is -2.05. The Balaban J connectivity index is 1.92. The molecule has 0 aliphatic rings. The highest BCUT2D eigenvalue weighted by atomic mass is 19.1. The van der Waals surface area contributed by atoms with Crippen molar-refractivity contribution in [1.82, 2.24) is 4.98 Å². The number of carbonyl (C=O) groups excluding carboxylic acids is 1. The van der Waals surface area contributed by atoms with Crippen LogP contribution in [0.4, 0.5) is 10.1 Å². The molecular formula is C18H12FN3O. The van der Waals surface area contributed by atoms with Gasteiger partial charge in [-0.25, -0.2) is 4.39 Å². The molecule has 0 bridgehead atoms. The van der Waals surface area contributed by atoms with Crippen molar-refractivity contribution >= 4 is 28.6 Å². The summed E-state index contributed by atoms with van der Waals surface area (Å²) in [5, 5.41) is 12.5. The summed E-state index contributed by atoms with van der Waals surface area (Å²) in [7, 11) is 0. The van der Waals surface area contributed by atoms with E-state index in [1.54, 1.807) is 12.3 Å². The molecule has 3 aromatic rings. The van der Waals surface area contributed by atoms with E-state index in [4.69, 9.17) is 0 Å². The Morgan fingerprint density at radius 2 is 1.91 bits per heavy atom. The SMILES string of the molecule is N#C/C(=C\c1c[nH]c2ccccc12)C(=O)Nc1ccccc1F. The smallest absolute Gasteiger partial charge is 0.266 e. The lowest BCUT2D eigenvalue weighted by molar-refractivity contribution is -0.112. The van der Waals surface area contributed by atoms with Gasteiger partial charge in [-0.1, -0.05) is 30.3 Å². The molecule has 0 aliphatic carbocycles. The number of nitrogens with one attached hydrogen (secondary N) is 2. The van der Waals surface area contributed by atoms with Crippen LogP contribution in [0.5, 0.6) is 0 Å². The summed E-state index contributed by atoms with van der Waals surface area (Å²) >= 11 is 0. The number of anilines is 1. The number of benzene rings is 2. The normalized spacial score (nSPS) is 11.2. The maximum absolute atomic E-state index is 13.6. The van der Waals surface area contributed by atoms with Crippen molar-refractivity contribution in [2.45, 2.75) is 0 Å². The Kier molecular flexibility index (Phi) is 3.89. The fourth-order valence-corrected chi connectivity index (χ4v) is 2.27. The third kappa shape index (κ3) is 2.97. The summed E-state index contributed by atoms with van der Waals surface area (Å²) in [6.45, 7) is 0. The number of amides is 1. The van der Waals surface area contributed by atoms with Gasteiger partial charge in [-0.3, -0.25) is 4.79 Å². The molecule has 0 fully saturated rings. The maximum Gasteiger partial charge on any atom is 0.266 e. The van der Waals surface area contributed by atoms with Crippen LogP contribution in [0, 0.1) is 17.1 Å². The summed E-state index contributed by atoms with van der Waals surface area (Å²) in [6.07, 6.45) is 3.20. The molecule has 23 heavy (non-hydrogen) atoms. The number of aromatic nitrogens is 1. The fraction of sp³-hybridized carbons (Fsp3) is 0. The molecule has 3 rings (SSSR count). The third-order valence-electron chi connectivity index (χ3n) is 3.41. The number of hydrogen-bond acceptors (Lipinski definition) is 2. The minimum atomic E-state index is -0.650. The van der Waals surface area contributed by atoms with Gasteiger partial charge in [0.1, 0.15) is 17.5 Å². The minimum Gasteiger partial charge on any atom is -0.361 e. The quantitative estimate of drug-likeness (QED) is 0.570. The molecule has 0 atom stereocenters. The van der Waals surface area contributed by atoms with E-state index in [-0.39, 0.29) is 11.3 Å². The Hall–Kier alpha value is -3.39. The van der Waals surface area contributed by atoms with Crippen molar-refractivity contribution in [1.29, 1.82) is 5.26 Å². The van der Waals surface area contributed by atoms with Crippen molar-refractivity contribution in [2.24, 2.45) is 0 Å². The van der Waals surface area contributed by atoms with Crippen molar-refractivity contribution in [3.63, 3.8) is 0 Å². The average Bonchev–Trinajstić information content (AvgIpc) is 2.97. The maximum atomic E-state index is 13.6. The number of fused-ring (bicyclic) bond motifs is 1. The number of carbonyl (C=O) groups is 1. The van der Waals surface area contributed by atoms with E-state index in [1.165, 1.54) is 24.3 Å². The molecule has 0 radical (unpaired) electrons. The molecule has 0 saturated carbocycles. The standard InChI is InChI=1S/C18H12FN3O/c19-15-6-2-4-8-17(15)22-18(23)12(10-20)9-13-11-21-16-7-3-1-5-14(13)16/h1-9,11,21H,(H,22,23)/b12-9+. The van der Waals surface area contributed by atoms with E-state index in [0.717, 1.165) is 16.5 Å². The fourth-order valence-electron chi connectivity index (χ4n) is 2.27. The van der Waals surface area contributed by atoms with E-state index < -0.39 is 11.7 Å². The molecule has 4 nitrogen and oxygen atoms in total. The van der Waals surface area contributed by atoms with E-state index in [1.807, 2.05) is 30.3 Å². The van der Waals surface area contributed by atoms with Gasteiger partial charge in [-0.15, -0.1) is 0 Å². The first-order valence-corrected chi connectivity index (χ1v) is 6.93. The molecule has 5 heteroatoms. The van der Waals surface area contributed by atoms with Crippen molar-refractivity contribution < 1.29 is 9.18 Å². The Labute approximate surface area is 131 Å². The van der Waals surface area contributed by atoms with Crippen LogP contribution in [0.3, 0.4) is 0 Å². The first-order valence-electron chi connectivity index (χ1n) is 6.93. The summed E-state index contributed by atoms with van der Waals surface area (Å²) in [4.78, 5) is 15.2. The van der Waals surface area contributed by atoms with Gasteiger partial charge in [0.2, 0.25) is 0 Å². The first kappa shape index (κ1) is 14.5. The van der Waals surface area contributed by atoms with Gasteiger partial charge in [0, 0.05) is 22.7 Å². The molecule has 1 heterocycles. The van der Waals surface area contributed by atoms with Crippen LogP contribution >= 0.6 is 0 Å². The lowest BCUT2D eigenvalue weighted by Crippen LogP contribution is -2.14. The highest BCUT2D eigenvalue weighted by molar-refractivity contribution is 6.10. The second kappa shape index (κ2) is 6.16. The third-order valence-corrected chi connectivity index (χ3v) is 3.41. The number of rotatable bonds is 3. The topological polar surface area (TPSA) is 68.7 Å². The Morgan fingerprint density at radius 3 is 2.70 bits per heavy atom. The van der Waals surface area contributed by atoms with Crippen LogP contribution in [-0.2, 0) is 4.79 Å². The molecule has 112 valence electrons. The second-order valence-electron chi connectivity index (χ2n) is 4.89. The van der Waals surface area contributed by atoms with E-state index in [2.05, 4.69) is 10.3 Å². The van der Waals surface area contributed by atoms with Gasteiger partial charge in [0.15, 0.2) is 0 Å². The number of H-pyrrole nitrogens is 1. The zero-order valence-corrected chi connectivity index (χ0v) is 12.0. The summed E-state index contributed by atoms with van der Waals surface area (Å²) in [5.74, 6) is -1.20. The summed E-state index contributed by atoms with van der Waals surface area (Å²) in [5.41, 5.74) is 1.57. The Bertz CT molecular complexity index is 950. The van der Waals surface area contributed by atoms with Crippen molar-refractivity contribution in [2.75, 3.05) is 5.32 Å². The highest BCUT2D eigenvalue weighted by Gasteiger charge is 2.12.